The summed E-state index contributed by atoms with van der Waals surface area (Å²) in [6, 6.07) is 6.13. The molecule has 0 amide bonds. The molecule has 0 bridgehead atoms. The number of nitrogens with two attached hydrogens (primary N) is 1. The average Bonchev–Trinajstić information content (AvgIpc) is 2.75. The van der Waals surface area contributed by atoms with E-state index in [9.17, 15) is 5.11 Å². The molecule has 2 heterocycles. The number of para-hydroxylation sites is 1. The summed E-state index contributed by atoms with van der Waals surface area (Å²) in [5, 5.41) is 9.46. The van der Waals surface area contributed by atoms with Crippen LogP contribution in [0.1, 0.15) is 12.8 Å². The second-order valence-corrected chi connectivity index (χ2v) is 4.41. The number of aliphatic hydroxyl groups excluding tert-OH is 1. The first-order valence-corrected chi connectivity index (χ1v) is 5.82. The van der Waals surface area contributed by atoms with Gasteiger partial charge in [0.25, 0.3) is 6.01 Å². The minimum Gasteiger partial charge on any atom is -0.423 e. The topological polar surface area (TPSA) is 75.5 Å². The van der Waals surface area contributed by atoms with Crippen molar-refractivity contribution >= 4 is 22.8 Å². The summed E-state index contributed by atoms with van der Waals surface area (Å²) in [6.07, 6.45) is 1.32. The number of nitrogens with zero attached hydrogens (tertiary/aromatic N) is 2. The Morgan fingerprint density at radius 1 is 1.35 bits per heavy atom. The molecule has 90 valence electrons. The van der Waals surface area contributed by atoms with Crippen LogP contribution in [0, 0.1) is 0 Å². The lowest BCUT2D eigenvalue weighted by molar-refractivity contribution is 0.144. The van der Waals surface area contributed by atoms with E-state index in [1.54, 1.807) is 0 Å². The molecule has 3 rings (SSSR count). The van der Waals surface area contributed by atoms with E-state index in [0.717, 1.165) is 25.9 Å². The van der Waals surface area contributed by atoms with Gasteiger partial charge in [0.05, 0.1) is 11.8 Å². The van der Waals surface area contributed by atoms with Crippen molar-refractivity contribution in [3.63, 3.8) is 0 Å². The molecule has 17 heavy (non-hydrogen) atoms. The molecule has 2 aromatic rings. The van der Waals surface area contributed by atoms with Gasteiger partial charge in [-0.2, -0.15) is 4.98 Å². The van der Waals surface area contributed by atoms with Crippen molar-refractivity contribution in [3.05, 3.63) is 18.2 Å². The van der Waals surface area contributed by atoms with E-state index < -0.39 is 0 Å². The van der Waals surface area contributed by atoms with Crippen molar-refractivity contribution in [1.29, 1.82) is 0 Å². The molecular formula is C12H15N3O2. The maximum absolute atomic E-state index is 9.46. The summed E-state index contributed by atoms with van der Waals surface area (Å²) in [5.41, 5.74) is 7.90. The number of oxazole rings is 1. The van der Waals surface area contributed by atoms with E-state index >= 15 is 0 Å². The largest absolute Gasteiger partial charge is 0.423 e. The van der Waals surface area contributed by atoms with Crippen LogP contribution < -0.4 is 10.6 Å². The van der Waals surface area contributed by atoms with Gasteiger partial charge in [0, 0.05) is 13.1 Å². The Bertz CT molecular complexity index is 530. The normalized spacial score (nSPS) is 17.8. The second kappa shape index (κ2) is 3.92. The molecule has 1 aliphatic heterocycles. The van der Waals surface area contributed by atoms with Crippen LogP contribution in [0.4, 0.5) is 11.7 Å². The van der Waals surface area contributed by atoms with Gasteiger partial charge in [-0.15, -0.1) is 0 Å². The highest BCUT2D eigenvalue weighted by Gasteiger charge is 2.21. The molecule has 3 N–H and O–H groups in total. The van der Waals surface area contributed by atoms with Gasteiger partial charge >= 0.3 is 0 Å². The van der Waals surface area contributed by atoms with Crippen LogP contribution in [0.3, 0.4) is 0 Å². The summed E-state index contributed by atoms with van der Waals surface area (Å²) in [7, 11) is 0. The van der Waals surface area contributed by atoms with Crippen LogP contribution in [0.25, 0.3) is 11.1 Å². The minimum atomic E-state index is -0.194. The fraction of sp³-hybridized carbons (Fsp3) is 0.417. The molecule has 0 radical (unpaired) electrons. The third-order valence-electron chi connectivity index (χ3n) is 3.17. The van der Waals surface area contributed by atoms with Crippen LogP contribution in [0.15, 0.2) is 22.6 Å². The van der Waals surface area contributed by atoms with Crippen LogP contribution in [0.2, 0.25) is 0 Å². The first-order valence-electron chi connectivity index (χ1n) is 5.82. The molecule has 0 unspecified atom stereocenters. The summed E-state index contributed by atoms with van der Waals surface area (Å²) in [4.78, 5) is 6.46. The molecule has 0 saturated carbocycles. The van der Waals surface area contributed by atoms with E-state index in [-0.39, 0.29) is 6.10 Å². The highest BCUT2D eigenvalue weighted by Crippen LogP contribution is 2.27. The zero-order chi connectivity index (χ0) is 11.8. The average molecular weight is 233 g/mol. The minimum absolute atomic E-state index is 0.194. The Hall–Kier alpha value is -1.75. The highest BCUT2D eigenvalue weighted by atomic mass is 16.4. The van der Waals surface area contributed by atoms with E-state index in [2.05, 4.69) is 4.98 Å². The fourth-order valence-corrected chi connectivity index (χ4v) is 2.15. The lowest BCUT2D eigenvalue weighted by Gasteiger charge is -2.27. The Kier molecular flexibility index (Phi) is 2.40. The SMILES string of the molecule is Nc1cccc2oc(N3CCC(O)CC3)nc12. The second-order valence-electron chi connectivity index (χ2n) is 4.41. The van der Waals surface area contributed by atoms with Gasteiger partial charge in [0.15, 0.2) is 5.58 Å². The molecule has 1 saturated heterocycles. The van der Waals surface area contributed by atoms with Gasteiger partial charge < -0.3 is 20.2 Å². The molecule has 0 spiro atoms. The van der Waals surface area contributed by atoms with Crippen LogP contribution >= 0.6 is 0 Å². The molecular weight excluding hydrogens is 218 g/mol. The standard InChI is InChI=1S/C12H15N3O2/c13-9-2-1-3-10-11(9)14-12(17-10)15-6-4-8(16)5-7-15/h1-3,8,16H,4-7,13H2. The Balaban J connectivity index is 1.93. The molecule has 1 fully saturated rings. The van der Waals surface area contributed by atoms with Gasteiger partial charge in [-0.1, -0.05) is 6.07 Å². The zero-order valence-corrected chi connectivity index (χ0v) is 9.47. The van der Waals surface area contributed by atoms with Crippen LogP contribution in [0.5, 0.6) is 0 Å². The number of piperidine rings is 1. The van der Waals surface area contributed by atoms with E-state index in [4.69, 9.17) is 10.2 Å². The summed E-state index contributed by atoms with van der Waals surface area (Å²) < 4.78 is 5.68. The predicted molar refractivity (Wildman–Crippen MR) is 65.9 cm³/mol. The molecule has 5 nitrogen and oxygen atoms in total. The summed E-state index contributed by atoms with van der Waals surface area (Å²) >= 11 is 0. The van der Waals surface area contributed by atoms with Crippen LogP contribution in [-0.2, 0) is 0 Å². The molecule has 1 aromatic carbocycles. The van der Waals surface area contributed by atoms with Crippen molar-refractivity contribution in [3.8, 4) is 0 Å². The van der Waals surface area contributed by atoms with Crippen LogP contribution in [-0.4, -0.2) is 29.3 Å². The number of fused-ring (bicyclic) bond motifs is 1. The number of aliphatic hydroxyl groups is 1. The first-order chi connectivity index (χ1) is 8.24. The quantitative estimate of drug-likeness (QED) is 0.727. The Labute approximate surface area is 98.8 Å². The van der Waals surface area contributed by atoms with E-state index in [1.807, 2.05) is 23.1 Å². The van der Waals surface area contributed by atoms with Crippen molar-refractivity contribution in [2.24, 2.45) is 0 Å². The smallest absolute Gasteiger partial charge is 0.298 e. The highest BCUT2D eigenvalue weighted by molar-refractivity contribution is 5.86. The number of rotatable bonds is 1. The fourth-order valence-electron chi connectivity index (χ4n) is 2.15. The maximum atomic E-state index is 9.46. The maximum Gasteiger partial charge on any atom is 0.298 e. The summed E-state index contributed by atoms with van der Waals surface area (Å²) in [5.74, 6) is 0. The van der Waals surface area contributed by atoms with Gasteiger partial charge in [0.2, 0.25) is 0 Å². The lowest BCUT2D eigenvalue weighted by atomic mass is 10.1. The first kappa shape index (κ1) is 10.4. The third-order valence-corrected chi connectivity index (χ3v) is 3.17. The van der Waals surface area contributed by atoms with Crippen molar-refractivity contribution in [2.75, 3.05) is 23.7 Å². The molecule has 5 heteroatoms. The number of benzene rings is 1. The summed E-state index contributed by atoms with van der Waals surface area (Å²) in [6.45, 7) is 1.54. The molecule has 0 aliphatic carbocycles. The van der Waals surface area contributed by atoms with Gasteiger partial charge in [-0.25, -0.2) is 0 Å². The number of aromatic nitrogens is 1. The Morgan fingerprint density at radius 3 is 2.82 bits per heavy atom. The monoisotopic (exact) mass is 233 g/mol. The Morgan fingerprint density at radius 2 is 2.12 bits per heavy atom. The third kappa shape index (κ3) is 1.82. The molecule has 1 aromatic heterocycles. The number of nitrogen functional groups attached to an aromatic ring is 1. The van der Waals surface area contributed by atoms with E-state index in [0.29, 0.717) is 22.8 Å². The molecule has 0 atom stereocenters. The van der Waals surface area contributed by atoms with Gasteiger partial charge in [-0.3, -0.25) is 0 Å². The van der Waals surface area contributed by atoms with E-state index in [1.165, 1.54) is 0 Å². The number of anilines is 2. The zero-order valence-electron chi connectivity index (χ0n) is 9.47. The van der Waals surface area contributed by atoms with Crippen molar-refractivity contribution in [2.45, 2.75) is 18.9 Å². The lowest BCUT2D eigenvalue weighted by Crippen LogP contribution is -2.35. The van der Waals surface area contributed by atoms with Crippen molar-refractivity contribution in [1.82, 2.24) is 4.98 Å². The van der Waals surface area contributed by atoms with Gasteiger partial charge in [0.1, 0.15) is 5.52 Å². The predicted octanol–water partition coefficient (Wildman–Crippen LogP) is 1.37. The molecule has 1 aliphatic rings. The number of hydrogen-bond acceptors (Lipinski definition) is 5. The number of hydrogen-bond donors (Lipinski definition) is 2. The van der Waals surface area contributed by atoms with Crippen molar-refractivity contribution < 1.29 is 9.52 Å². The van der Waals surface area contributed by atoms with Gasteiger partial charge in [-0.05, 0) is 25.0 Å².